The van der Waals surface area contributed by atoms with Crippen LogP contribution in [-0.4, -0.2) is 26.6 Å². The third-order valence-electron chi connectivity index (χ3n) is 1.66. The summed E-state index contributed by atoms with van der Waals surface area (Å²) in [5, 5.41) is 0. The van der Waals surface area contributed by atoms with Crippen LogP contribution >= 0.6 is 0 Å². The normalized spacial score (nSPS) is 12.8. The average molecular weight is 238 g/mol. The highest BCUT2D eigenvalue weighted by Crippen LogP contribution is 2.17. The second-order valence-electron chi connectivity index (χ2n) is 3.17. The van der Waals surface area contributed by atoms with Crippen LogP contribution in [0.2, 0.25) is 0 Å². The van der Waals surface area contributed by atoms with Gasteiger partial charge in [0.25, 0.3) is 0 Å². The predicted molar refractivity (Wildman–Crippen MR) is 50.1 cm³/mol. The standard InChI is InChI=1S/C7H8BF3NO2S/c1-15(13,14)7-2-3-12-6(4-7)5-8(9,10)11/h2-4H,5H2,1H3/q-1. The summed E-state index contributed by atoms with van der Waals surface area (Å²) in [6.07, 6.45) is 0.835. The van der Waals surface area contributed by atoms with Crippen molar-refractivity contribution in [2.75, 3.05) is 6.26 Å². The van der Waals surface area contributed by atoms with Gasteiger partial charge in [0.05, 0.1) is 4.90 Å². The Morgan fingerprint density at radius 3 is 2.47 bits per heavy atom. The number of pyridine rings is 1. The van der Waals surface area contributed by atoms with Gasteiger partial charge < -0.3 is 12.9 Å². The van der Waals surface area contributed by atoms with E-state index in [-0.39, 0.29) is 10.6 Å². The monoisotopic (exact) mass is 238 g/mol. The number of hydrogen-bond donors (Lipinski definition) is 0. The van der Waals surface area contributed by atoms with E-state index in [1.54, 1.807) is 0 Å². The number of nitrogens with zero attached hydrogens (tertiary/aromatic N) is 1. The molecule has 84 valence electrons. The highest BCUT2D eigenvalue weighted by Gasteiger charge is 2.24. The van der Waals surface area contributed by atoms with Gasteiger partial charge in [0.1, 0.15) is 0 Å². The number of hydrogen-bond acceptors (Lipinski definition) is 3. The summed E-state index contributed by atoms with van der Waals surface area (Å²) in [6, 6.07) is 2.12. The molecule has 0 spiro atoms. The fraction of sp³-hybridized carbons (Fsp3) is 0.286. The molecule has 1 aromatic heterocycles. The zero-order chi connectivity index (χ0) is 11.7. The summed E-state index contributed by atoms with van der Waals surface area (Å²) in [7, 11) is -3.48. The fourth-order valence-corrected chi connectivity index (χ4v) is 1.69. The minimum absolute atomic E-state index is 0.146. The van der Waals surface area contributed by atoms with E-state index in [9.17, 15) is 21.4 Å². The van der Waals surface area contributed by atoms with Crippen LogP contribution < -0.4 is 0 Å². The molecule has 0 aliphatic carbocycles. The van der Waals surface area contributed by atoms with E-state index in [1.807, 2.05) is 0 Å². The van der Waals surface area contributed by atoms with Crippen molar-refractivity contribution < 1.29 is 21.4 Å². The van der Waals surface area contributed by atoms with E-state index in [0.29, 0.717) is 0 Å². The van der Waals surface area contributed by atoms with E-state index >= 15 is 0 Å². The molecule has 1 rings (SSSR count). The molecule has 8 heteroatoms. The van der Waals surface area contributed by atoms with E-state index in [0.717, 1.165) is 18.5 Å². The lowest BCUT2D eigenvalue weighted by atomic mass is 9.84. The van der Waals surface area contributed by atoms with Crippen LogP contribution in [0.4, 0.5) is 12.9 Å². The van der Waals surface area contributed by atoms with Gasteiger partial charge in [-0.2, -0.15) is 0 Å². The van der Waals surface area contributed by atoms with Crippen LogP contribution in [0.25, 0.3) is 0 Å². The van der Waals surface area contributed by atoms with Crippen molar-refractivity contribution in [1.82, 2.24) is 4.98 Å². The first-order valence-electron chi connectivity index (χ1n) is 4.04. The van der Waals surface area contributed by atoms with Crippen LogP contribution in [0.5, 0.6) is 0 Å². The number of rotatable bonds is 3. The molecule has 0 aliphatic rings. The van der Waals surface area contributed by atoms with Crippen molar-refractivity contribution in [3.05, 3.63) is 24.0 Å². The molecule has 3 nitrogen and oxygen atoms in total. The average Bonchev–Trinajstić information content (AvgIpc) is 1.99. The first-order valence-corrected chi connectivity index (χ1v) is 5.93. The molecule has 0 fully saturated rings. The molecule has 1 heterocycles. The van der Waals surface area contributed by atoms with Crippen LogP contribution in [0, 0.1) is 0 Å². The van der Waals surface area contributed by atoms with E-state index in [2.05, 4.69) is 4.98 Å². The summed E-state index contributed by atoms with van der Waals surface area (Å²) in [4.78, 5) is 3.32. The van der Waals surface area contributed by atoms with Crippen molar-refractivity contribution in [2.45, 2.75) is 11.2 Å². The van der Waals surface area contributed by atoms with Crippen LogP contribution in [0.1, 0.15) is 5.69 Å². The zero-order valence-electron chi connectivity index (χ0n) is 7.82. The number of halogens is 3. The Bertz CT molecular complexity index is 458. The maximum Gasteiger partial charge on any atom is 0.484 e. The summed E-state index contributed by atoms with van der Waals surface area (Å²) < 4.78 is 58.2. The lowest BCUT2D eigenvalue weighted by Crippen LogP contribution is -2.20. The lowest BCUT2D eigenvalue weighted by molar-refractivity contribution is 0.467. The zero-order valence-corrected chi connectivity index (χ0v) is 8.64. The van der Waals surface area contributed by atoms with Crippen molar-refractivity contribution in [1.29, 1.82) is 0 Å². The molecule has 0 radical (unpaired) electrons. The maximum absolute atomic E-state index is 12.0. The van der Waals surface area contributed by atoms with Crippen LogP contribution in [0.3, 0.4) is 0 Å². The summed E-state index contributed by atoms with van der Waals surface area (Å²) >= 11 is 0. The molecule has 0 amide bonds. The van der Waals surface area contributed by atoms with Gasteiger partial charge in [-0.15, -0.1) is 0 Å². The number of aromatic nitrogens is 1. The van der Waals surface area contributed by atoms with Gasteiger partial charge in [-0.05, 0) is 18.5 Å². The number of sulfone groups is 1. The molecule has 1 aromatic rings. The highest BCUT2D eigenvalue weighted by molar-refractivity contribution is 7.90. The van der Waals surface area contributed by atoms with E-state index in [4.69, 9.17) is 0 Å². The molecule has 0 unspecified atom stereocenters. The van der Waals surface area contributed by atoms with Crippen molar-refractivity contribution in [2.24, 2.45) is 0 Å². The molecule has 0 bridgehead atoms. The van der Waals surface area contributed by atoms with E-state index < -0.39 is 23.1 Å². The Hall–Kier alpha value is -1.05. The molecule has 0 aromatic carbocycles. The Morgan fingerprint density at radius 2 is 2.00 bits per heavy atom. The second-order valence-corrected chi connectivity index (χ2v) is 5.19. The Morgan fingerprint density at radius 1 is 1.40 bits per heavy atom. The van der Waals surface area contributed by atoms with Crippen molar-refractivity contribution in [3.8, 4) is 0 Å². The highest BCUT2D eigenvalue weighted by atomic mass is 32.2. The lowest BCUT2D eigenvalue weighted by Gasteiger charge is -2.12. The van der Waals surface area contributed by atoms with Gasteiger partial charge in [-0.3, -0.25) is 4.98 Å². The minimum Gasteiger partial charge on any atom is -0.449 e. The SMILES string of the molecule is CS(=O)(=O)c1ccnc(C[B-](F)(F)F)c1. The first kappa shape index (κ1) is 12.0. The summed E-state index contributed by atoms with van der Waals surface area (Å²) in [6.45, 7) is -4.99. The molecular formula is C7H8BF3NO2S-. The largest absolute Gasteiger partial charge is 0.484 e. The van der Waals surface area contributed by atoms with Crippen molar-refractivity contribution in [3.63, 3.8) is 0 Å². The second kappa shape index (κ2) is 3.84. The minimum atomic E-state index is -4.99. The Kier molecular flexibility index (Phi) is 3.08. The third-order valence-corrected chi connectivity index (χ3v) is 2.77. The Labute approximate surface area is 85.3 Å². The first-order chi connectivity index (χ1) is 6.68. The predicted octanol–water partition coefficient (Wildman–Crippen LogP) is 1.41. The molecular weight excluding hydrogens is 230 g/mol. The molecule has 15 heavy (non-hydrogen) atoms. The van der Waals surface area contributed by atoms with Crippen molar-refractivity contribution >= 4 is 16.8 Å². The third kappa shape index (κ3) is 3.90. The molecule has 0 atom stereocenters. The fourth-order valence-electron chi connectivity index (χ4n) is 1.04. The maximum atomic E-state index is 12.0. The van der Waals surface area contributed by atoms with E-state index in [1.165, 1.54) is 6.07 Å². The summed E-state index contributed by atoms with van der Waals surface area (Å²) in [5.41, 5.74) is -0.273. The molecule has 0 saturated heterocycles. The Balaban J connectivity index is 3.04. The quantitative estimate of drug-likeness (QED) is 0.748. The van der Waals surface area contributed by atoms with Gasteiger partial charge >= 0.3 is 6.98 Å². The molecule has 0 aliphatic heterocycles. The van der Waals surface area contributed by atoms with Gasteiger partial charge in [0.15, 0.2) is 9.84 Å². The van der Waals surface area contributed by atoms with Gasteiger partial charge in [0.2, 0.25) is 0 Å². The summed E-state index contributed by atoms with van der Waals surface area (Å²) in [5.74, 6) is 0. The topological polar surface area (TPSA) is 47.0 Å². The molecule has 0 saturated carbocycles. The van der Waals surface area contributed by atoms with Gasteiger partial charge in [-0.1, -0.05) is 0 Å². The smallest absolute Gasteiger partial charge is 0.449 e. The van der Waals surface area contributed by atoms with Gasteiger partial charge in [-0.25, -0.2) is 8.42 Å². The molecule has 0 N–H and O–H groups in total. The van der Waals surface area contributed by atoms with Crippen LogP contribution in [-0.2, 0) is 16.2 Å². The van der Waals surface area contributed by atoms with Crippen LogP contribution in [0.15, 0.2) is 23.2 Å². The van der Waals surface area contributed by atoms with Gasteiger partial charge in [0, 0.05) is 18.1 Å².